The topological polar surface area (TPSA) is 57.4 Å². The van der Waals surface area contributed by atoms with Crippen LogP contribution in [0.25, 0.3) is 16.5 Å². The Morgan fingerprint density at radius 1 is 1.36 bits per heavy atom. The molecule has 2 aliphatic rings. The number of allylic oxidation sites excluding steroid dienone is 1. The predicted molar refractivity (Wildman–Crippen MR) is 115 cm³/mol. The molecule has 148 valence electrons. The molecule has 2 aromatic rings. The van der Waals surface area contributed by atoms with Crippen molar-refractivity contribution >= 4 is 28.3 Å². The first-order valence-electron chi connectivity index (χ1n) is 10.4. The molecule has 0 saturated carbocycles. The molecule has 1 amide bonds. The number of carbonyl (C=O) groups excluding carboxylic acids is 1. The highest BCUT2D eigenvalue weighted by Crippen LogP contribution is 2.35. The van der Waals surface area contributed by atoms with Crippen LogP contribution in [0.5, 0.6) is 0 Å². The molecule has 5 heteroatoms. The monoisotopic (exact) mass is 379 g/mol. The third-order valence-electron chi connectivity index (χ3n) is 5.76. The number of nitrogens with zero attached hydrogens (tertiary/aromatic N) is 1. The number of piperidine rings is 1. The third-order valence-corrected chi connectivity index (χ3v) is 5.76. The van der Waals surface area contributed by atoms with Gasteiger partial charge in [0.1, 0.15) is 6.61 Å². The molecule has 1 atom stereocenters. The molecule has 1 fully saturated rings. The molecular formula is C23H29N3O2. The van der Waals surface area contributed by atoms with Gasteiger partial charge in [0.15, 0.2) is 0 Å². The minimum atomic E-state index is -0.424. The number of amides is 1. The van der Waals surface area contributed by atoms with E-state index in [0.29, 0.717) is 12.6 Å². The summed E-state index contributed by atoms with van der Waals surface area (Å²) in [5.74, 6) is 0. The van der Waals surface area contributed by atoms with Gasteiger partial charge in [-0.2, -0.15) is 0 Å². The fourth-order valence-corrected chi connectivity index (χ4v) is 4.29. The second-order valence-electron chi connectivity index (χ2n) is 7.64. The van der Waals surface area contributed by atoms with Gasteiger partial charge < -0.3 is 9.72 Å². The maximum atomic E-state index is 12.0. The normalized spacial score (nSPS) is 20.2. The number of fused-ring (bicyclic) bond motifs is 2. The van der Waals surface area contributed by atoms with E-state index in [1.165, 1.54) is 36.9 Å². The van der Waals surface area contributed by atoms with Gasteiger partial charge in [-0.15, -0.1) is 0 Å². The van der Waals surface area contributed by atoms with Gasteiger partial charge in [0, 0.05) is 40.9 Å². The Labute approximate surface area is 166 Å². The molecule has 5 nitrogen and oxygen atoms in total. The number of nitrogens with one attached hydrogen (secondary N) is 2. The Morgan fingerprint density at radius 3 is 3.18 bits per heavy atom. The van der Waals surface area contributed by atoms with Crippen molar-refractivity contribution in [2.75, 3.05) is 25.0 Å². The van der Waals surface area contributed by atoms with Crippen molar-refractivity contribution in [2.45, 2.75) is 45.1 Å². The summed E-state index contributed by atoms with van der Waals surface area (Å²) >= 11 is 0. The standard InChI is InChI=1S/C23H29N3O2/c1-2-3-6-13-28-23(27)25-18-8-9-22-20(15-18)21(16-24-22)17-10-12-26-11-5-4-7-19(26)14-17/h3,6,8-10,15-16,19,24H,2,4-5,7,11-14H2,1H3,(H,25,27). The van der Waals surface area contributed by atoms with Gasteiger partial charge in [-0.1, -0.05) is 31.6 Å². The maximum absolute atomic E-state index is 12.0. The fraction of sp³-hybridized carbons (Fsp3) is 0.435. The van der Waals surface area contributed by atoms with E-state index < -0.39 is 6.09 Å². The highest BCUT2D eigenvalue weighted by molar-refractivity contribution is 5.96. The number of hydrogen-bond donors (Lipinski definition) is 2. The number of H-pyrrole nitrogens is 1. The van der Waals surface area contributed by atoms with Crippen molar-refractivity contribution in [1.29, 1.82) is 0 Å². The Hall–Kier alpha value is -2.53. The number of rotatable bonds is 5. The molecule has 0 aliphatic carbocycles. The van der Waals surface area contributed by atoms with Crippen LogP contribution in [-0.4, -0.2) is 41.7 Å². The Morgan fingerprint density at radius 2 is 2.29 bits per heavy atom. The number of ether oxygens (including phenoxy) is 1. The van der Waals surface area contributed by atoms with Crippen LogP contribution in [0.4, 0.5) is 10.5 Å². The second kappa shape index (κ2) is 8.65. The van der Waals surface area contributed by atoms with E-state index in [-0.39, 0.29) is 0 Å². The summed E-state index contributed by atoms with van der Waals surface area (Å²) in [7, 11) is 0. The first-order valence-corrected chi connectivity index (χ1v) is 10.4. The summed E-state index contributed by atoms with van der Waals surface area (Å²) in [4.78, 5) is 18.0. The zero-order valence-electron chi connectivity index (χ0n) is 16.5. The molecule has 1 unspecified atom stereocenters. The smallest absolute Gasteiger partial charge is 0.411 e. The number of anilines is 1. The van der Waals surface area contributed by atoms with Crippen molar-refractivity contribution in [3.05, 3.63) is 48.2 Å². The average Bonchev–Trinajstić information content (AvgIpc) is 3.14. The van der Waals surface area contributed by atoms with E-state index in [2.05, 4.69) is 27.5 Å². The van der Waals surface area contributed by atoms with Crippen LogP contribution in [0.1, 0.15) is 44.6 Å². The lowest BCUT2D eigenvalue weighted by Gasteiger charge is -2.38. The lowest BCUT2D eigenvalue weighted by molar-refractivity contribution is 0.161. The highest BCUT2D eigenvalue weighted by atomic mass is 16.5. The summed E-state index contributed by atoms with van der Waals surface area (Å²) in [6, 6.07) is 6.63. The van der Waals surface area contributed by atoms with Gasteiger partial charge >= 0.3 is 6.09 Å². The van der Waals surface area contributed by atoms with Crippen LogP contribution in [0.2, 0.25) is 0 Å². The first kappa shape index (κ1) is 18.8. The van der Waals surface area contributed by atoms with Crippen molar-refractivity contribution in [3.8, 4) is 0 Å². The van der Waals surface area contributed by atoms with Gasteiger partial charge in [-0.3, -0.25) is 10.2 Å². The lowest BCUT2D eigenvalue weighted by Crippen LogP contribution is -2.41. The SMILES string of the molecule is CCC=CCOC(=O)Nc1ccc2[nH]cc(C3=CCN4CCCCC4C3)c2c1. The number of benzene rings is 1. The molecule has 0 radical (unpaired) electrons. The Kier molecular flexibility index (Phi) is 5.81. The van der Waals surface area contributed by atoms with Gasteiger partial charge in [0.25, 0.3) is 0 Å². The van der Waals surface area contributed by atoms with E-state index in [4.69, 9.17) is 4.74 Å². The molecular weight excluding hydrogens is 350 g/mol. The number of aromatic amines is 1. The van der Waals surface area contributed by atoms with Crippen molar-refractivity contribution < 1.29 is 9.53 Å². The van der Waals surface area contributed by atoms with Crippen LogP contribution < -0.4 is 5.32 Å². The van der Waals surface area contributed by atoms with Crippen molar-refractivity contribution in [2.24, 2.45) is 0 Å². The first-order chi connectivity index (χ1) is 13.7. The summed E-state index contributed by atoms with van der Waals surface area (Å²) in [5, 5.41) is 3.99. The summed E-state index contributed by atoms with van der Waals surface area (Å²) in [6.07, 6.45) is 13.9. The number of hydrogen-bond acceptors (Lipinski definition) is 3. The van der Waals surface area contributed by atoms with E-state index in [1.54, 1.807) is 0 Å². The lowest BCUT2D eigenvalue weighted by atomic mass is 9.89. The molecule has 1 saturated heterocycles. The zero-order valence-corrected chi connectivity index (χ0v) is 16.5. The van der Waals surface area contributed by atoms with Gasteiger partial charge in [-0.05, 0) is 56.0 Å². The van der Waals surface area contributed by atoms with Crippen LogP contribution in [0.15, 0.2) is 42.6 Å². The molecule has 1 aromatic carbocycles. The zero-order chi connectivity index (χ0) is 19.3. The summed E-state index contributed by atoms with van der Waals surface area (Å²) in [6.45, 7) is 4.62. The minimum absolute atomic E-state index is 0.294. The summed E-state index contributed by atoms with van der Waals surface area (Å²) in [5.41, 5.74) is 4.52. The minimum Gasteiger partial charge on any atom is -0.445 e. The van der Waals surface area contributed by atoms with Crippen molar-refractivity contribution in [1.82, 2.24) is 9.88 Å². The second-order valence-corrected chi connectivity index (χ2v) is 7.64. The molecule has 0 spiro atoms. The van der Waals surface area contributed by atoms with Gasteiger partial charge in [0.05, 0.1) is 0 Å². The van der Waals surface area contributed by atoms with Gasteiger partial charge in [-0.25, -0.2) is 4.79 Å². The summed E-state index contributed by atoms with van der Waals surface area (Å²) < 4.78 is 5.19. The van der Waals surface area contributed by atoms with Crippen LogP contribution in [0.3, 0.4) is 0 Å². The van der Waals surface area contributed by atoms with E-state index in [1.807, 2.05) is 37.3 Å². The molecule has 2 N–H and O–H groups in total. The Balaban J connectivity index is 1.49. The van der Waals surface area contributed by atoms with Crippen molar-refractivity contribution in [3.63, 3.8) is 0 Å². The maximum Gasteiger partial charge on any atom is 0.411 e. The van der Waals surface area contributed by atoms with E-state index in [9.17, 15) is 4.79 Å². The molecule has 0 bridgehead atoms. The van der Waals surface area contributed by atoms with Gasteiger partial charge in [0.2, 0.25) is 0 Å². The van der Waals surface area contributed by atoms with E-state index >= 15 is 0 Å². The quantitative estimate of drug-likeness (QED) is 0.691. The van der Waals surface area contributed by atoms with Crippen LogP contribution in [-0.2, 0) is 4.74 Å². The Bertz CT molecular complexity index is 896. The van der Waals surface area contributed by atoms with Crippen LogP contribution in [0, 0.1) is 0 Å². The fourth-order valence-electron chi connectivity index (χ4n) is 4.29. The molecule has 2 aliphatic heterocycles. The third kappa shape index (κ3) is 4.14. The average molecular weight is 380 g/mol. The van der Waals surface area contributed by atoms with Crippen LogP contribution >= 0.6 is 0 Å². The number of aromatic nitrogens is 1. The predicted octanol–water partition coefficient (Wildman–Crippen LogP) is 5.32. The molecule has 28 heavy (non-hydrogen) atoms. The molecule has 4 rings (SSSR count). The number of carbonyl (C=O) groups is 1. The largest absolute Gasteiger partial charge is 0.445 e. The molecule has 1 aromatic heterocycles. The van der Waals surface area contributed by atoms with E-state index in [0.717, 1.165) is 36.0 Å². The molecule has 3 heterocycles. The highest BCUT2D eigenvalue weighted by Gasteiger charge is 2.27.